The van der Waals surface area contributed by atoms with Crippen molar-refractivity contribution in [1.82, 2.24) is 19.7 Å². The zero-order valence-corrected chi connectivity index (χ0v) is 16.3. The Balaban J connectivity index is 1.48. The van der Waals surface area contributed by atoms with Crippen LogP contribution in [0.25, 0.3) is 0 Å². The maximum Gasteiger partial charge on any atom is 0.215 e. The molecule has 9 heteroatoms. The van der Waals surface area contributed by atoms with Gasteiger partial charge in [0, 0.05) is 25.4 Å². The molecule has 0 saturated carbocycles. The minimum atomic E-state index is -3.39. The number of aromatic nitrogens is 3. The van der Waals surface area contributed by atoms with Gasteiger partial charge in [0.25, 0.3) is 0 Å². The molecule has 0 saturated heterocycles. The molecule has 2 heterocycles. The van der Waals surface area contributed by atoms with Crippen LogP contribution in [0, 0.1) is 6.92 Å². The molecule has 0 unspecified atom stereocenters. The zero-order valence-electron chi connectivity index (χ0n) is 15.5. The zero-order chi connectivity index (χ0) is 19.8. The van der Waals surface area contributed by atoms with E-state index in [-0.39, 0.29) is 12.3 Å². The summed E-state index contributed by atoms with van der Waals surface area (Å²) in [5.41, 5.74) is 1.84. The molecule has 2 aromatic heterocycles. The topological polar surface area (TPSA) is 109 Å². The Labute approximate surface area is 164 Å². The van der Waals surface area contributed by atoms with Gasteiger partial charge in [-0.15, -0.1) is 0 Å². The maximum atomic E-state index is 12.1. The second-order valence-electron chi connectivity index (χ2n) is 6.20. The van der Waals surface area contributed by atoms with Gasteiger partial charge in [0.1, 0.15) is 23.8 Å². The first-order valence-electron chi connectivity index (χ1n) is 8.77. The molecule has 0 aliphatic heterocycles. The van der Waals surface area contributed by atoms with Crippen molar-refractivity contribution in [1.29, 1.82) is 0 Å². The molecular formula is C19H22N6O2S. The SMILES string of the molecule is Cc1ccnc(Nc2cc(NCCNS(=O)(=O)Cc3ccccc3)ncn2)c1. The lowest BCUT2D eigenvalue weighted by atomic mass is 10.2. The molecule has 0 amide bonds. The Bertz CT molecular complexity index is 1010. The summed E-state index contributed by atoms with van der Waals surface area (Å²) in [6.07, 6.45) is 3.15. The van der Waals surface area contributed by atoms with E-state index in [2.05, 4.69) is 30.3 Å². The van der Waals surface area contributed by atoms with Gasteiger partial charge in [-0.05, 0) is 30.2 Å². The molecule has 0 fully saturated rings. The highest BCUT2D eigenvalue weighted by molar-refractivity contribution is 7.88. The van der Waals surface area contributed by atoms with E-state index in [0.717, 1.165) is 11.1 Å². The summed E-state index contributed by atoms with van der Waals surface area (Å²) >= 11 is 0. The van der Waals surface area contributed by atoms with Crippen LogP contribution in [0.3, 0.4) is 0 Å². The van der Waals surface area contributed by atoms with E-state index in [9.17, 15) is 8.42 Å². The van der Waals surface area contributed by atoms with Gasteiger partial charge in [-0.25, -0.2) is 28.1 Å². The van der Waals surface area contributed by atoms with Gasteiger partial charge in [-0.2, -0.15) is 0 Å². The minimum absolute atomic E-state index is 0.0428. The molecule has 28 heavy (non-hydrogen) atoms. The van der Waals surface area contributed by atoms with Crippen molar-refractivity contribution in [3.63, 3.8) is 0 Å². The highest BCUT2D eigenvalue weighted by Gasteiger charge is 2.10. The van der Waals surface area contributed by atoms with Crippen molar-refractivity contribution in [2.45, 2.75) is 12.7 Å². The molecule has 146 valence electrons. The lowest BCUT2D eigenvalue weighted by Gasteiger charge is -2.10. The van der Waals surface area contributed by atoms with Gasteiger partial charge >= 0.3 is 0 Å². The van der Waals surface area contributed by atoms with Gasteiger partial charge in [0.05, 0.1) is 5.75 Å². The van der Waals surface area contributed by atoms with Gasteiger partial charge in [-0.1, -0.05) is 30.3 Å². The Kier molecular flexibility index (Phi) is 6.51. The number of hydrogen-bond donors (Lipinski definition) is 3. The summed E-state index contributed by atoms with van der Waals surface area (Å²) < 4.78 is 26.8. The van der Waals surface area contributed by atoms with E-state index >= 15 is 0 Å². The highest BCUT2D eigenvalue weighted by atomic mass is 32.2. The van der Waals surface area contributed by atoms with Crippen molar-refractivity contribution in [2.24, 2.45) is 0 Å². The Morgan fingerprint density at radius 2 is 1.64 bits per heavy atom. The number of sulfonamides is 1. The van der Waals surface area contributed by atoms with Crippen LogP contribution >= 0.6 is 0 Å². The predicted molar refractivity (Wildman–Crippen MR) is 110 cm³/mol. The fraction of sp³-hybridized carbons (Fsp3) is 0.211. The monoisotopic (exact) mass is 398 g/mol. The van der Waals surface area contributed by atoms with Gasteiger partial charge in [-0.3, -0.25) is 0 Å². The molecule has 3 rings (SSSR count). The molecule has 0 atom stereocenters. The van der Waals surface area contributed by atoms with Crippen LogP contribution in [0.2, 0.25) is 0 Å². The number of hydrogen-bond acceptors (Lipinski definition) is 7. The van der Waals surface area contributed by atoms with Crippen molar-refractivity contribution in [2.75, 3.05) is 23.7 Å². The third kappa shape index (κ3) is 6.29. The quantitative estimate of drug-likeness (QED) is 0.475. The van der Waals surface area contributed by atoms with Crippen LogP contribution in [-0.2, 0) is 15.8 Å². The van der Waals surface area contributed by atoms with Crippen LogP contribution in [0.4, 0.5) is 17.5 Å². The van der Waals surface area contributed by atoms with E-state index in [1.54, 1.807) is 24.4 Å². The third-order valence-electron chi connectivity index (χ3n) is 3.79. The molecule has 0 bridgehead atoms. The van der Waals surface area contributed by atoms with Crippen molar-refractivity contribution >= 4 is 27.5 Å². The fourth-order valence-corrected chi connectivity index (χ4v) is 3.65. The first-order chi connectivity index (χ1) is 13.5. The molecule has 0 aliphatic carbocycles. The average molecular weight is 398 g/mol. The fourth-order valence-electron chi connectivity index (χ4n) is 2.50. The Hall–Kier alpha value is -3.04. The van der Waals surface area contributed by atoms with Gasteiger partial charge in [0.15, 0.2) is 0 Å². The molecule has 0 spiro atoms. The average Bonchev–Trinajstić information content (AvgIpc) is 2.66. The summed E-state index contributed by atoms with van der Waals surface area (Å²) in [4.78, 5) is 12.5. The summed E-state index contributed by atoms with van der Waals surface area (Å²) in [7, 11) is -3.39. The summed E-state index contributed by atoms with van der Waals surface area (Å²) in [5, 5.41) is 6.19. The summed E-state index contributed by atoms with van der Waals surface area (Å²) in [6.45, 7) is 2.63. The molecule has 1 aromatic carbocycles. The molecule has 0 radical (unpaired) electrons. The maximum absolute atomic E-state index is 12.1. The number of anilines is 3. The number of rotatable bonds is 9. The summed E-state index contributed by atoms with van der Waals surface area (Å²) in [6, 6.07) is 14.6. The van der Waals surface area contributed by atoms with Gasteiger partial charge in [0.2, 0.25) is 10.0 Å². The highest BCUT2D eigenvalue weighted by Crippen LogP contribution is 2.14. The lowest BCUT2D eigenvalue weighted by Crippen LogP contribution is -2.30. The van der Waals surface area contributed by atoms with Crippen molar-refractivity contribution in [3.05, 3.63) is 72.2 Å². The first-order valence-corrected chi connectivity index (χ1v) is 10.4. The van der Waals surface area contributed by atoms with E-state index in [0.29, 0.717) is 24.0 Å². The normalized spacial score (nSPS) is 11.2. The lowest BCUT2D eigenvalue weighted by molar-refractivity contribution is 0.582. The molecule has 3 aromatic rings. The second-order valence-corrected chi connectivity index (χ2v) is 8.00. The molecule has 0 aliphatic rings. The number of nitrogens with zero attached hydrogens (tertiary/aromatic N) is 3. The largest absolute Gasteiger partial charge is 0.369 e. The van der Waals surface area contributed by atoms with Crippen LogP contribution in [0.1, 0.15) is 11.1 Å². The van der Waals surface area contributed by atoms with Gasteiger partial charge < -0.3 is 10.6 Å². The van der Waals surface area contributed by atoms with Crippen LogP contribution < -0.4 is 15.4 Å². The molecule has 8 nitrogen and oxygen atoms in total. The van der Waals surface area contributed by atoms with Crippen LogP contribution in [0.5, 0.6) is 0 Å². The molecular weight excluding hydrogens is 376 g/mol. The Morgan fingerprint density at radius 3 is 2.43 bits per heavy atom. The minimum Gasteiger partial charge on any atom is -0.369 e. The van der Waals surface area contributed by atoms with Crippen LogP contribution in [-0.4, -0.2) is 36.5 Å². The smallest absolute Gasteiger partial charge is 0.215 e. The standard InChI is InChI=1S/C19H22N6O2S/c1-15-7-8-20-18(11-15)25-19-12-17(22-14-23-19)21-9-10-24-28(26,27)13-16-5-3-2-4-6-16/h2-8,11-12,14,24H,9-10,13H2,1H3,(H2,20,21,22,23,25). The van der Waals surface area contributed by atoms with E-state index in [1.165, 1.54) is 6.33 Å². The second kappa shape index (κ2) is 9.25. The van der Waals surface area contributed by atoms with E-state index in [1.807, 2.05) is 37.3 Å². The van der Waals surface area contributed by atoms with Crippen molar-refractivity contribution in [3.8, 4) is 0 Å². The molecule has 3 N–H and O–H groups in total. The number of aryl methyl sites for hydroxylation is 1. The predicted octanol–water partition coefficient (Wildman–Crippen LogP) is 2.46. The number of nitrogens with one attached hydrogen (secondary N) is 3. The number of benzene rings is 1. The van der Waals surface area contributed by atoms with E-state index in [4.69, 9.17) is 0 Å². The van der Waals surface area contributed by atoms with Crippen molar-refractivity contribution < 1.29 is 8.42 Å². The van der Waals surface area contributed by atoms with E-state index < -0.39 is 10.0 Å². The Morgan fingerprint density at radius 1 is 0.893 bits per heavy atom. The number of pyridine rings is 1. The first kappa shape index (κ1) is 19.7. The van der Waals surface area contributed by atoms with Crippen LogP contribution in [0.15, 0.2) is 61.1 Å². The third-order valence-corrected chi connectivity index (χ3v) is 5.15. The summed E-state index contributed by atoms with van der Waals surface area (Å²) in [5.74, 6) is 1.84.